The molecule has 2 N–H and O–H groups in total. The van der Waals surface area contributed by atoms with Gasteiger partial charge in [-0.05, 0) is 25.1 Å². The number of nitrogens with two attached hydrogens (primary N) is 1. The number of furan rings is 1. The minimum absolute atomic E-state index is 0.0778. The topological polar surface area (TPSA) is 59.5 Å². The van der Waals surface area contributed by atoms with Crippen molar-refractivity contribution in [3.8, 4) is 0 Å². The Morgan fingerprint density at radius 2 is 2.00 bits per heavy atom. The number of nitrogens with zero attached hydrogens (tertiary/aromatic N) is 1. The van der Waals surface area contributed by atoms with Gasteiger partial charge in [-0.1, -0.05) is 19.1 Å². The summed E-state index contributed by atoms with van der Waals surface area (Å²) in [6, 6.07) is 9.08. The van der Waals surface area contributed by atoms with Gasteiger partial charge in [-0.15, -0.1) is 0 Å². The lowest BCUT2D eigenvalue weighted by atomic mass is 10.1. The molecule has 0 aliphatic carbocycles. The number of hydrogen-bond acceptors (Lipinski definition) is 3. The normalized spacial score (nSPS) is 10.4. The minimum Gasteiger partial charge on any atom is -0.469 e. The zero-order valence-corrected chi connectivity index (χ0v) is 11.2. The minimum atomic E-state index is -0.0778. The smallest absolute Gasteiger partial charge is 0.261 e. The van der Waals surface area contributed by atoms with Gasteiger partial charge in [0.2, 0.25) is 0 Å². The second-order valence-corrected chi connectivity index (χ2v) is 4.22. The fourth-order valence-corrected chi connectivity index (χ4v) is 2.11. The molecule has 0 atom stereocenters. The highest BCUT2D eigenvalue weighted by Gasteiger charge is 2.21. The highest BCUT2D eigenvalue weighted by atomic mass is 16.3. The highest BCUT2D eigenvalue weighted by molar-refractivity contribution is 6.08. The molecule has 0 saturated carbocycles. The Bertz CT molecular complexity index is 575. The first-order chi connectivity index (χ1) is 9.19. The first kappa shape index (κ1) is 13.2. The van der Waals surface area contributed by atoms with Crippen LogP contribution in [0.4, 0.5) is 11.4 Å². The average molecular weight is 258 g/mol. The Morgan fingerprint density at radius 3 is 2.63 bits per heavy atom. The molecule has 0 spiro atoms. The van der Waals surface area contributed by atoms with Gasteiger partial charge in [-0.25, -0.2) is 0 Å². The van der Waals surface area contributed by atoms with E-state index in [0.717, 1.165) is 5.69 Å². The molecule has 0 aliphatic heterocycles. The molecule has 2 aromatic rings. The molecule has 1 amide bonds. The monoisotopic (exact) mass is 258 g/mol. The van der Waals surface area contributed by atoms with Crippen molar-refractivity contribution in [2.45, 2.75) is 20.3 Å². The lowest BCUT2D eigenvalue weighted by Crippen LogP contribution is -2.31. The molecule has 0 unspecified atom stereocenters. The van der Waals surface area contributed by atoms with Gasteiger partial charge < -0.3 is 15.1 Å². The standard InChI is InChI=1S/C15H18N2O2/c1-3-14-11(9-10-19-14)15(18)17(4-2)13-8-6-5-7-12(13)16/h5-10H,3-4,16H2,1-2H3. The van der Waals surface area contributed by atoms with Crippen molar-refractivity contribution in [2.24, 2.45) is 0 Å². The van der Waals surface area contributed by atoms with Gasteiger partial charge in [-0.3, -0.25) is 4.79 Å². The largest absolute Gasteiger partial charge is 0.469 e. The zero-order chi connectivity index (χ0) is 13.8. The third-order valence-electron chi connectivity index (χ3n) is 3.09. The zero-order valence-electron chi connectivity index (χ0n) is 11.2. The molecule has 4 nitrogen and oxygen atoms in total. The van der Waals surface area contributed by atoms with Crippen LogP contribution in [-0.2, 0) is 6.42 Å². The predicted octanol–water partition coefficient (Wildman–Crippen LogP) is 3.09. The van der Waals surface area contributed by atoms with Crippen molar-refractivity contribution in [2.75, 3.05) is 17.2 Å². The Balaban J connectivity index is 2.38. The van der Waals surface area contributed by atoms with Gasteiger partial charge >= 0.3 is 0 Å². The summed E-state index contributed by atoms with van der Waals surface area (Å²) in [5.74, 6) is 0.629. The van der Waals surface area contributed by atoms with E-state index in [1.165, 1.54) is 0 Å². The van der Waals surface area contributed by atoms with Crippen molar-refractivity contribution in [1.82, 2.24) is 0 Å². The Labute approximate surface area is 112 Å². The third-order valence-corrected chi connectivity index (χ3v) is 3.09. The van der Waals surface area contributed by atoms with Crippen molar-refractivity contribution < 1.29 is 9.21 Å². The predicted molar refractivity (Wildman–Crippen MR) is 76.3 cm³/mol. The van der Waals surface area contributed by atoms with Crippen molar-refractivity contribution in [3.63, 3.8) is 0 Å². The SMILES string of the molecule is CCc1occc1C(=O)N(CC)c1ccccc1N. The molecule has 100 valence electrons. The number of anilines is 2. The maximum atomic E-state index is 12.6. The van der Waals surface area contributed by atoms with E-state index in [9.17, 15) is 4.79 Å². The van der Waals surface area contributed by atoms with E-state index in [0.29, 0.717) is 30.0 Å². The van der Waals surface area contributed by atoms with E-state index in [1.54, 1.807) is 23.3 Å². The van der Waals surface area contributed by atoms with Crippen LogP contribution < -0.4 is 10.6 Å². The first-order valence-electron chi connectivity index (χ1n) is 6.41. The van der Waals surface area contributed by atoms with Crippen LogP contribution in [0.2, 0.25) is 0 Å². The molecule has 1 aromatic heterocycles. The van der Waals surface area contributed by atoms with Gasteiger partial charge in [-0.2, -0.15) is 0 Å². The number of benzene rings is 1. The number of amides is 1. The molecule has 1 heterocycles. The van der Waals surface area contributed by atoms with E-state index in [2.05, 4.69) is 0 Å². The van der Waals surface area contributed by atoms with E-state index in [-0.39, 0.29) is 5.91 Å². The second kappa shape index (κ2) is 5.61. The molecule has 1 aromatic carbocycles. The number of carbonyl (C=O) groups excluding carboxylic acids is 1. The van der Waals surface area contributed by atoms with E-state index < -0.39 is 0 Å². The number of carbonyl (C=O) groups is 1. The molecular formula is C15H18N2O2. The fourth-order valence-electron chi connectivity index (χ4n) is 2.11. The summed E-state index contributed by atoms with van der Waals surface area (Å²) in [5.41, 5.74) is 7.88. The van der Waals surface area contributed by atoms with Gasteiger partial charge in [0.25, 0.3) is 5.91 Å². The Hall–Kier alpha value is -2.23. The molecule has 0 saturated heterocycles. The quantitative estimate of drug-likeness (QED) is 0.857. The molecular weight excluding hydrogens is 240 g/mol. The fraction of sp³-hybridized carbons (Fsp3) is 0.267. The van der Waals surface area contributed by atoms with Crippen LogP contribution in [0.15, 0.2) is 41.0 Å². The van der Waals surface area contributed by atoms with Crippen LogP contribution >= 0.6 is 0 Å². The molecule has 2 rings (SSSR count). The lowest BCUT2D eigenvalue weighted by Gasteiger charge is -2.22. The molecule has 0 aliphatic rings. The summed E-state index contributed by atoms with van der Waals surface area (Å²) in [6.07, 6.45) is 2.24. The van der Waals surface area contributed by atoms with Gasteiger partial charge in [0.1, 0.15) is 5.76 Å². The summed E-state index contributed by atoms with van der Waals surface area (Å²) >= 11 is 0. The number of para-hydroxylation sites is 2. The van der Waals surface area contributed by atoms with Gasteiger partial charge in [0.05, 0.1) is 23.2 Å². The molecule has 0 radical (unpaired) electrons. The Kier molecular flexibility index (Phi) is 3.90. The van der Waals surface area contributed by atoms with Crippen molar-refractivity contribution in [1.29, 1.82) is 0 Å². The Morgan fingerprint density at radius 1 is 1.26 bits per heavy atom. The van der Waals surface area contributed by atoms with Gasteiger partial charge in [0.15, 0.2) is 0 Å². The third kappa shape index (κ3) is 2.47. The summed E-state index contributed by atoms with van der Waals surface area (Å²) in [5, 5.41) is 0. The van der Waals surface area contributed by atoms with Crippen molar-refractivity contribution in [3.05, 3.63) is 47.9 Å². The van der Waals surface area contributed by atoms with Gasteiger partial charge in [0, 0.05) is 13.0 Å². The first-order valence-corrected chi connectivity index (χ1v) is 6.41. The van der Waals surface area contributed by atoms with E-state index >= 15 is 0 Å². The number of rotatable bonds is 4. The van der Waals surface area contributed by atoms with Crippen LogP contribution in [0.25, 0.3) is 0 Å². The number of hydrogen-bond donors (Lipinski definition) is 1. The van der Waals surface area contributed by atoms with Crippen LogP contribution in [0.5, 0.6) is 0 Å². The van der Waals surface area contributed by atoms with Crippen LogP contribution in [-0.4, -0.2) is 12.5 Å². The number of nitrogen functional groups attached to an aromatic ring is 1. The molecule has 0 bridgehead atoms. The molecule has 19 heavy (non-hydrogen) atoms. The molecule has 0 fully saturated rings. The maximum Gasteiger partial charge on any atom is 0.261 e. The van der Waals surface area contributed by atoms with E-state index in [1.807, 2.05) is 32.0 Å². The lowest BCUT2D eigenvalue weighted by molar-refractivity contribution is 0.0986. The van der Waals surface area contributed by atoms with Crippen LogP contribution in [0.3, 0.4) is 0 Å². The van der Waals surface area contributed by atoms with E-state index in [4.69, 9.17) is 10.2 Å². The van der Waals surface area contributed by atoms with Crippen LogP contribution in [0.1, 0.15) is 30.0 Å². The maximum absolute atomic E-state index is 12.6. The van der Waals surface area contributed by atoms with Crippen LogP contribution in [0, 0.1) is 0 Å². The highest BCUT2D eigenvalue weighted by Crippen LogP contribution is 2.25. The average Bonchev–Trinajstić information content (AvgIpc) is 2.89. The van der Waals surface area contributed by atoms with Crippen molar-refractivity contribution >= 4 is 17.3 Å². The summed E-state index contributed by atoms with van der Waals surface area (Å²) in [7, 11) is 0. The second-order valence-electron chi connectivity index (χ2n) is 4.22. The molecule has 4 heteroatoms. The number of aryl methyl sites for hydroxylation is 1. The summed E-state index contributed by atoms with van der Waals surface area (Å²) in [6.45, 7) is 4.44. The summed E-state index contributed by atoms with van der Waals surface area (Å²) in [4.78, 5) is 14.2. The summed E-state index contributed by atoms with van der Waals surface area (Å²) < 4.78 is 5.32.